The lowest BCUT2D eigenvalue weighted by Crippen LogP contribution is -2.38. The first kappa shape index (κ1) is 19.2. The van der Waals surface area contributed by atoms with E-state index in [1.165, 1.54) is 0 Å². The van der Waals surface area contributed by atoms with Gasteiger partial charge in [-0.3, -0.25) is 0 Å². The van der Waals surface area contributed by atoms with E-state index >= 15 is 0 Å². The van der Waals surface area contributed by atoms with Crippen molar-refractivity contribution in [3.8, 4) is 0 Å². The molecule has 2 N–H and O–H groups in total. The number of aliphatic imine (C=N–C) groups is 1. The molecular weight excluding hydrogens is 367 g/mol. The van der Waals surface area contributed by atoms with E-state index in [-0.39, 0.29) is 24.0 Å². The van der Waals surface area contributed by atoms with E-state index in [0.717, 1.165) is 36.9 Å². The second-order valence-corrected chi connectivity index (χ2v) is 5.05. The Balaban J connectivity index is 0.00000361. The molecule has 1 rings (SSSR count). The van der Waals surface area contributed by atoms with E-state index in [4.69, 9.17) is 4.42 Å². The predicted molar refractivity (Wildman–Crippen MR) is 93.7 cm³/mol. The van der Waals surface area contributed by atoms with Gasteiger partial charge in [0, 0.05) is 13.1 Å². The van der Waals surface area contributed by atoms with Crippen LogP contribution in [-0.4, -0.2) is 24.0 Å². The van der Waals surface area contributed by atoms with E-state index in [0.29, 0.717) is 18.4 Å². The molecule has 0 aliphatic carbocycles. The van der Waals surface area contributed by atoms with Gasteiger partial charge in [-0.25, -0.2) is 9.98 Å². The van der Waals surface area contributed by atoms with Crippen molar-refractivity contribution in [2.75, 3.05) is 13.1 Å². The van der Waals surface area contributed by atoms with Gasteiger partial charge in [0.15, 0.2) is 5.96 Å². The molecule has 0 aliphatic heterocycles. The highest BCUT2D eigenvalue weighted by Crippen LogP contribution is 2.08. The summed E-state index contributed by atoms with van der Waals surface area (Å²) in [4.78, 5) is 8.79. The quantitative estimate of drug-likeness (QED) is 0.443. The fourth-order valence-electron chi connectivity index (χ4n) is 1.57. The van der Waals surface area contributed by atoms with Crippen molar-refractivity contribution >= 4 is 29.9 Å². The monoisotopic (exact) mass is 394 g/mol. The van der Waals surface area contributed by atoms with Crippen LogP contribution >= 0.6 is 24.0 Å². The van der Waals surface area contributed by atoms with Gasteiger partial charge in [-0.05, 0) is 33.1 Å². The van der Waals surface area contributed by atoms with E-state index in [9.17, 15) is 0 Å². The summed E-state index contributed by atoms with van der Waals surface area (Å²) in [6, 6.07) is 0. The minimum Gasteiger partial charge on any atom is -0.444 e. The average molecular weight is 394 g/mol. The smallest absolute Gasteiger partial charge is 0.216 e. The Kier molecular flexibility index (Phi) is 9.62. The lowest BCUT2D eigenvalue weighted by molar-refractivity contribution is 0.472. The molecule has 116 valence electrons. The zero-order valence-corrected chi connectivity index (χ0v) is 15.4. The summed E-state index contributed by atoms with van der Waals surface area (Å²) in [7, 11) is 0. The van der Waals surface area contributed by atoms with Gasteiger partial charge in [0.1, 0.15) is 12.3 Å². The molecule has 0 aromatic carbocycles. The zero-order chi connectivity index (χ0) is 14.3. The number of hydrogen-bond acceptors (Lipinski definition) is 3. The van der Waals surface area contributed by atoms with Crippen molar-refractivity contribution in [3.05, 3.63) is 17.3 Å². The second kappa shape index (κ2) is 10.0. The second-order valence-electron chi connectivity index (χ2n) is 5.05. The SMILES string of the molecule is CCNC(=NCc1nc(C)c(C)o1)NCCC(C)C.I. The third kappa shape index (κ3) is 7.12. The third-order valence-electron chi connectivity index (χ3n) is 2.80. The maximum atomic E-state index is 5.51. The number of guanidine groups is 1. The molecule has 0 bridgehead atoms. The predicted octanol–water partition coefficient (Wildman–Crippen LogP) is 3.01. The molecule has 0 radical (unpaired) electrons. The summed E-state index contributed by atoms with van der Waals surface area (Å²) in [5.74, 6) is 3.03. The van der Waals surface area contributed by atoms with E-state index in [1.54, 1.807) is 0 Å². The molecule has 0 fully saturated rings. The lowest BCUT2D eigenvalue weighted by atomic mass is 10.1. The zero-order valence-electron chi connectivity index (χ0n) is 13.1. The maximum absolute atomic E-state index is 5.51. The van der Waals surface area contributed by atoms with Crippen molar-refractivity contribution in [2.24, 2.45) is 10.9 Å². The maximum Gasteiger partial charge on any atom is 0.216 e. The number of nitrogens with zero attached hydrogens (tertiary/aromatic N) is 2. The van der Waals surface area contributed by atoms with Crippen LogP contribution in [0, 0.1) is 19.8 Å². The summed E-state index contributed by atoms with van der Waals surface area (Å²) in [5.41, 5.74) is 0.933. The van der Waals surface area contributed by atoms with Gasteiger partial charge in [0.05, 0.1) is 5.69 Å². The first-order valence-electron chi connectivity index (χ1n) is 6.98. The van der Waals surface area contributed by atoms with Crippen molar-refractivity contribution in [2.45, 2.75) is 47.6 Å². The number of nitrogens with one attached hydrogen (secondary N) is 2. The van der Waals surface area contributed by atoms with Gasteiger partial charge >= 0.3 is 0 Å². The Labute approximate surface area is 139 Å². The van der Waals surface area contributed by atoms with Crippen LogP contribution in [0.2, 0.25) is 0 Å². The van der Waals surface area contributed by atoms with Gasteiger partial charge in [0.2, 0.25) is 5.89 Å². The molecule has 6 heteroatoms. The van der Waals surface area contributed by atoms with Gasteiger partial charge in [-0.15, -0.1) is 24.0 Å². The fraction of sp³-hybridized carbons (Fsp3) is 0.714. The third-order valence-corrected chi connectivity index (χ3v) is 2.80. The largest absolute Gasteiger partial charge is 0.444 e. The number of halogens is 1. The number of hydrogen-bond donors (Lipinski definition) is 2. The summed E-state index contributed by atoms with van der Waals surface area (Å²) < 4.78 is 5.51. The molecule has 1 aromatic rings. The molecule has 0 aliphatic rings. The van der Waals surface area contributed by atoms with Crippen LogP contribution in [0.25, 0.3) is 0 Å². The van der Waals surface area contributed by atoms with Crippen molar-refractivity contribution in [3.63, 3.8) is 0 Å². The van der Waals surface area contributed by atoms with Crippen LogP contribution in [0.4, 0.5) is 0 Å². The average Bonchev–Trinajstić information content (AvgIpc) is 2.65. The lowest BCUT2D eigenvalue weighted by Gasteiger charge is -2.11. The molecule has 0 saturated heterocycles. The minimum atomic E-state index is 0. The van der Waals surface area contributed by atoms with Crippen molar-refractivity contribution in [1.29, 1.82) is 0 Å². The van der Waals surface area contributed by atoms with E-state index in [2.05, 4.69) is 41.4 Å². The molecule has 0 unspecified atom stereocenters. The molecule has 0 spiro atoms. The van der Waals surface area contributed by atoms with Crippen LogP contribution in [-0.2, 0) is 6.54 Å². The van der Waals surface area contributed by atoms with Crippen LogP contribution in [0.1, 0.15) is 44.5 Å². The Morgan fingerprint density at radius 1 is 1.30 bits per heavy atom. The molecule has 1 heterocycles. The molecule has 0 amide bonds. The van der Waals surface area contributed by atoms with Crippen LogP contribution in [0.3, 0.4) is 0 Å². The van der Waals surface area contributed by atoms with Gasteiger partial charge in [-0.2, -0.15) is 0 Å². The number of rotatable bonds is 6. The van der Waals surface area contributed by atoms with E-state index < -0.39 is 0 Å². The van der Waals surface area contributed by atoms with Gasteiger partial charge in [-0.1, -0.05) is 13.8 Å². The highest BCUT2D eigenvalue weighted by molar-refractivity contribution is 14.0. The van der Waals surface area contributed by atoms with Crippen molar-refractivity contribution < 1.29 is 4.42 Å². The van der Waals surface area contributed by atoms with Gasteiger partial charge in [0.25, 0.3) is 0 Å². The van der Waals surface area contributed by atoms with Crippen LogP contribution in [0.15, 0.2) is 9.41 Å². The Bertz CT molecular complexity index is 396. The normalized spacial score (nSPS) is 11.4. The molecule has 0 atom stereocenters. The molecular formula is C14H27IN4O. The summed E-state index contributed by atoms with van der Waals surface area (Å²) in [6.45, 7) is 12.6. The Morgan fingerprint density at radius 2 is 2.00 bits per heavy atom. The highest BCUT2D eigenvalue weighted by Gasteiger charge is 2.05. The summed E-state index contributed by atoms with van der Waals surface area (Å²) in [6.07, 6.45) is 1.13. The Morgan fingerprint density at radius 3 is 2.50 bits per heavy atom. The van der Waals surface area contributed by atoms with Gasteiger partial charge < -0.3 is 15.1 Å². The molecule has 0 saturated carbocycles. The molecule has 20 heavy (non-hydrogen) atoms. The van der Waals surface area contributed by atoms with Crippen LogP contribution in [0.5, 0.6) is 0 Å². The first-order valence-corrected chi connectivity index (χ1v) is 6.98. The molecule has 1 aromatic heterocycles. The van der Waals surface area contributed by atoms with E-state index in [1.807, 2.05) is 13.8 Å². The number of oxazole rings is 1. The highest BCUT2D eigenvalue weighted by atomic mass is 127. The molecule has 5 nitrogen and oxygen atoms in total. The number of aryl methyl sites for hydroxylation is 2. The minimum absolute atomic E-state index is 0. The number of aromatic nitrogens is 1. The van der Waals surface area contributed by atoms with Crippen LogP contribution < -0.4 is 10.6 Å². The Hall–Kier alpha value is -0.790. The van der Waals surface area contributed by atoms with Crippen molar-refractivity contribution in [1.82, 2.24) is 15.6 Å². The summed E-state index contributed by atoms with van der Waals surface area (Å²) in [5, 5.41) is 6.53. The standard InChI is InChI=1S/C14H26N4O.HI/c1-6-15-14(16-8-7-10(2)3)17-9-13-18-11(4)12(5)19-13;/h10H,6-9H2,1-5H3,(H2,15,16,17);1H. The first-order chi connectivity index (χ1) is 9.02. The summed E-state index contributed by atoms with van der Waals surface area (Å²) >= 11 is 0. The fourth-order valence-corrected chi connectivity index (χ4v) is 1.57. The topological polar surface area (TPSA) is 62.5 Å².